The molecule has 0 spiro atoms. The van der Waals surface area contributed by atoms with Crippen LogP contribution in [0.5, 0.6) is 0 Å². The Morgan fingerprint density at radius 3 is 2.77 bits per heavy atom. The molecule has 1 nitrogen and oxygen atoms in total. The van der Waals surface area contributed by atoms with E-state index in [4.69, 9.17) is 0 Å². The van der Waals surface area contributed by atoms with Crippen LogP contribution in [-0.4, -0.2) is 11.6 Å². The highest BCUT2D eigenvalue weighted by Gasteiger charge is 1.98. The maximum absolute atomic E-state index is 10.5. The molecule has 0 atom stereocenters. The number of carbonyl (C=O) groups excluding carboxylic acids is 1. The second kappa shape index (κ2) is 5.18. The zero-order chi connectivity index (χ0) is 9.68. The topological polar surface area (TPSA) is 17.1 Å². The van der Waals surface area contributed by atoms with Gasteiger partial charge in [0.15, 0.2) is 0 Å². The lowest BCUT2D eigenvalue weighted by atomic mass is 10.0. The summed E-state index contributed by atoms with van der Waals surface area (Å²) in [6.45, 7) is 1.97. The molecule has 0 unspecified atom stereocenters. The third kappa shape index (κ3) is 2.96. The van der Waals surface area contributed by atoms with Crippen molar-refractivity contribution in [3.63, 3.8) is 0 Å². The second-order valence-corrected chi connectivity index (χ2v) is 3.89. The zero-order valence-electron chi connectivity index (χ0n) is 7.72. The van der Waals surface area contributed by atoms with Crippen molar-refractivity contribution >= 4 is 22.2 Å². The van der Waals surface area contributed by atoms with Crippen LogP contribution in [0.3, 0.4) is 0 Å². The molecule has 0 aromatic heterocycles. The van der Waals surface area contributed by atoms with Crippen LogP contribution in [0.4, 0.5) is 0 Å². The van der Waals surface area contributed by atoms with Gasteiger partial charge in [0.1, 0.15) is 6.29 Å². The van der Waals surface area contributed by atoms with Crippen LogP contribution < -0.4 is 0 Å². The molecule has 0 bridgehead atoms. The zero-order valence-corrected chi connectivity index (χ0v) is 9.30. The highest BCUT2D eigenvalue weighted by molar-refractivity contribution is 9.09. The van der Waals surface area contributed by atoms with Gasteiger partial charge in [-0.2, -0.15) is 0 Å². The van der Waals surface area contributed by atoms with E-state index in [9.17, 15) is 4.79 Å². The molecule has 1 aromatic carbocycles. The SMILES string of the molecule is Cc1cc(CCCBr)ccc1C=O. The standard InChI is InChI=1S/C11H13BrO/c1-9-7-10(3-2-6-12)4-5-11(9)8-13/h4-5,7-8H,2-3,6H2,1H3. The monoisotopic (exact) mass is 240 g/mol. The van der Waals surface area contributed by atoms with E-state index in [-0.39, 0.29) is 0 Å². The summed E-state index contributed by atoms with van der Waals surface area (Å²) >= 11 is 3.40. The molecule has 1 rings (SSSR count). The van der Waals surface area contributed by atoms with E-state index in [2.05, 4.69) is 22.0 Å². The molecule has 2 heteroatoms. The molecular weight excluding hydrogens is 228 g/mol. The van der Waals surface area contributed by atoms with E-state index < -0.39 is 0 Å². The maximum atomic E-state index is 10.5. The van der Waals surface area contributed by atoms with E-state index >= 15 is 0 Å². The molecule has 0 aliphatic rings. The molecule has 0 radical (unpaired) electrons. The Labute approximate surface area is 87.3 Å². The first-order chi connectivity index (χ1) is 6.27. The van der Waals surface area contributed by atoms with Crippen LogP contribution in [0.2, 0.25) is 0 Å². The van der Waals surface area contributed by atoms with Gasteiger partial charge in [0.25, 0.3) is 0 Å². The summed E-state index contributed by atoms with van der Waals surface area (Å²) in [5.41, 5.74) is 3.17. The first-order valence-electron chi connectivity index (χ1n) is 4.38. The predicted molar refractivity (Wildman–Crippen MR) is 58.7 cm³/mol. The average Bonchev–Trinajstić information content (AvgIpc) is 2.15. The molecule has 0 fully saturated rings. The fraction of sp³-hybridized carbons (Fsp3) is 0.364. The third-order valence-electron chi connectivity index (χ3n) is 2.06. The Morgan fingerprint density at radius 1 is 1.46 bits per heavy atom. The molecule has 0 heterocycles. The number of halogens is 1. The number of rotatable bonds is 4. The van der Waals surface area contributed by atoms with Crippen molar-refractivity contribution in [2.75, 3.05) is 5.33 Å². The Balaban J connectivity index is 2.77. The number of benzene rings is 1. The van der Waals surface area contributed by atoms with Crippen LogP contribution in [0.1, 0.15) is 27.9 Å². The minimum atomic E-state index is 0.794. The summed E-state index contributed by atoms with van der Waals surface area (Å²) in [6.07, 6.45) is 3.12. The van der Waals surface area contributed by atoms with E-state index in [1.54, 1.807) is 0 Å². The van der Waals surface area contributed by atoms with Gasteiger partial charge in [-0.3, -0.25) is 4.79 Å². The van der Waals surface area contributed by atoms with E-state index in [0.29, 0.717) is 0 Å². The first kappa shape index (κ1) is 10.5. The molecule has 0 aliphatic carbocycles. The number of aryl methyl sites for hydroxylation is 2. The van der Waals surface area contributed by atoms with Crippen LogP contribution >= 0.6 is 15.9 Å². The van der Waals surface area contributed by atoms with Crippen LogP contribution in [0.15, 0.2) is 18.2 Å². The Morgan fingerprint density at radius 2 is 2.23 bits per heavy atom. The minimum Gasteiger partial charge on any atom is -0.298 e. The molecule has 13 heavy (non-hydrogen) atoms. The van der Waals surface area contributed by atoms with Crippen LogP contribution in [0, 0.1) is 6.92 Å². The van der Waals surface area contributed by atoms with E-state index in [1.807, 2.05) is 19.1 Å². The molecular formula is C11H13BrO. The molecule has 0 N–H and O–H groups in total. The van der Waals surface area contributed by atoms with Crippen molar-refractivity contribution in [3.8, 4) is 0 Å². The summed E-state index contributed by atoms with van der Waals surface area (Å²) in [6, 6.07) is 6.01. The van der Waals surface area contributed by atoms with E-state index in [0.717, 1.165) is 35.6 Å². The number of aldehydes is 1. The lowest BCUT2D eigenvalue weighted by molar-refractivity contribution is 0.112. The van der Waals surface area contributed by atoms with Gasteiger partial charge in [-0.1, -0.05) is 34.1 Å². The smallest absolute Gasteiger partial charge is 0.150 e. The van der Waals surface area contributed by atoms with Gasteiger partial charge in [0.2, 0.25) is 0 Å². The Bertz CT molecular complexity index is 294. The molecule has 1 aromatic rings. The highest BCUT2D eigenvalue weighted by Crippen LogP contribution is 2.11. The first-order valence-corrected chi connectivity index (χ1v) is 5.50. The van der Waals surface area contributed by atoms with Crippen molar-refractivity contribution in [2.24, 2.45) is 0 Å². The summed E-state index contributed by atoms with van der Waals surface area (Å²) in [7, 11) is 0. The lowest BCUT2D eigenvalue weighted by Crippen LogP contribution is -1.91. The third-order valence-corrected chi connectivity index (χ3v) is 2.62. The molecule has 0 saturated carbocycles. The number of hydrogen-bond donors (Lipinski definition) is 0. The van der Waals surface area contributed by atoms with Gasteiger partial charge in [-0.25, -0.2) is 0 Å². The highest BCUT2D eigenvalue weighted by atomic mass is 79.9. The summed E-state index contributed by atoms with van der Waals surface area (Å²) in [5, 5.41) is 1.03. The van der Waals surface area contributed by atoms with Crippen molar-refractivity contribution in [2.45, 2.75) is 19.8 Å². The average molecular weight is 241 g/mol. The van der Waals surface area contributed by atoms with Gasteiger partial charge < -0.3 is 0 Å². The molecule has 0 aliphatic heterocycles. The molecule has 0 saturated heterocycles. The van der Waals surface area contributed by atoms with Crippen LogP contribution in [-0.2, 0) is 6.42 Å². The maximum Gasteiger partial charge on any atom is 0.150 e. The number of carbonyl (C=O) groups is 1. The number of hydrogen-bond acceptors (Lipinski definition) is 1. The summed E-state index contributed by atoms with van der Waals surface area (Å²) in [4.78, 5) is 10.5. The fourth-order valence-electron chi connectivity index (χ4n) is 1.30. The summed E-state index contributed by atoms with van der Waals surface area (Å²) in [5.74, 6) is 0. The van der Waals surface area contributed by atoms with Crippen molar-refractivity contribution < 1.29 is 4.79 Å². The lowest BCUT2D eigenvalue weighted by Gasteiger charge is -2.02. The van der Waals surface area contributed by atoms with Gasteiger partial charge in [0.05, 0.1) is 0 Å². The Hall–Kier alpha value is -0.630. The van der Waals surface area contributed by atoms with Gasteiger partial charge in [-0.05, 0) is 30.9 Å². The second-order valence-electron chi connectivity index (χ2n) is 3.10. The van der Waals surface area contributed by atoms with Crippen LogP contribution in [0.25, 0.3) is 0 Å². The largest absolute Gasteiger partial charge is 0.298 e. The van der Waals surface area contributed by atoms with Crippen molar-refractivity contribution in [1.29, 1.82) is 0 Å². The van der Waals surface area contributed by atoms with Gasteiger partial charge >= 0.3 is 0 Å². The fourth-order valence-corrected chi connectivity index (χ4v) is 1.58. The predicted octanol–water partition coefficient (Wildman–Crippen LogP) is 3.14. The van der Waals surface area contributed by atoms with Gasteiger partial charge in [0, 0.05) is 10.9 Å². The summed E-state index contributed by atoms with van der Waals surface area (Å²) < 4.78 is 0. The Kier molecular flexibility index (Phi) is 4.16. The molecule has 0 amide bonds. The van der Waals surface area contributed by atoms with Crippen molar-refractivity contribution in [3.05, 3.63) is 34.9 Å². The van der Waals surface area contributed by atoms with Gasteiger partial charge in [-0.15, -0.1) is 0 Å². The minimum absolute atomic E-state index is 0.794. The number of alkyl halides is 1. The normalized spacial score (nSPS) is 10.0. The quantitative estimate of drug-likeness (QED) is 0.584. The van der Waals surface area contributed by atoms with E-state index in [1.165, 1.54) is 5.56 Å². The molecule has 70 valence electrons. The van der Waals surface area contributed by atoms with Crippen molar-refractivity contribution in [1.82, 2.24) is 0 Å².